The van der Waals surface area contributed by atoms with Crippen LogP contribution in [0.3, 0.4) is 0 Å². The Labute approximate surface area is 118 Å². The summed E-state index contributed by atoms with van der Waals surface area (Å²) in [7, 11) is 0. The third kappa shape index (κ3) is 5.29. The Kier molecular flexibility index (Phi) is 5.54. The van der Waals surface area contributed by atoms with E-state index < -0.39 is 18.0 Å². The zero-order valence-corrected chi connectivity index (χ0v) is 12.1. The van der Waals surface area contributed by atoms with E-state index in [9.17, 15) is 9.59 Å². The molecule has 7 nitrogen and oxygen atoms in total. The maximum atomic E-state index is 11.9. The second kappa shape index (κ2) is 6.93. The second-order valence-electron chi connectivity index (χ2n) is 5.40. The van der Waals surface area contributed by atoms with Crippen molar-refractivity contribution in [1.82, 2.24) is 20.6 Å². The molecule has 0 aromatic carbocycles. The maximum absolute atomic E-state index is 11.9. The minimum Gasteiger partial charge on any atom is -0.480 e. The minimum atomic E-state index is -1.08. The molecular weight excluding hydrogens is 260 g/mol. The summed E-state index contributed by atoms with van der Waals surface area (Å²) in [5, 5.41) is 14.4. The first-order valence-electron chi connectivity index (χ1n) is 6.63. The van der Waals surface area contributed by atoms with Crippen molar-refractivity contribution in [3.63, 3.8) is 0 Å². The zero-order chi connectivity index (χ0) is 15.2. The summed E-state index contributed by atoms with van der Waals surface area (Å²) >= 11 is 0. The number of hydrogen-bond donors (Lipinski definition) is 4. The number of carbonyl (C=O) groups is 2. The molecule has 0 aliphatic carbocycles. The topological polar surface area (TPSA) is 107 Å². The fourth-order valence-electron chi connectivity index (χ4n) is 2.01. The standard InChI is InChI=1S/C13H22N4O3/c1-4-5-13(2,3)17-12(20)16-10(11(18)19)6-9-7-14-8-15-9/h7-8,10H,4-6H2,1-3H3,(H,14,15)(H,18,19)(H2,16,17,20). The number of aromatic nitrogens is 2. The smallest absolute Gasteiger partial charge is 0.326 e. The Morgan fingerprint density at radius 1 is 1.50 bits per heavy atom. The van der Waals surface area contributed by atoms with E-state index in [4.69, 9.17) is 5.11 Å². The lowest BCUT2D eigenvalue weighted by Gasteiger charge is -2.26. The van der Waals surface area contributed by atoms with E-state index in [-0.39, 0.29) is 12.0 Å². The number of carboxylic acid groups (broad SMARTS) is 1. The van der Waals surface area contributed by atoms with Crippen molar-refractivity contribution in [2.75, 3.05) is 0 Å². The highest BCUT2D eigenvalue weighted by atomic mass is 16.4. The van der Waals surface area contributed by atoms with E-state index in [0.29, 0.717) is 5.69 Å². The van der Waals surface area contributed by atoms with Crippen LogP contribution in [0.5, 0.6) is 0 Å². The zero-order valence-electron chi connectivity index (χ0n) is 12.1. The molecule has 0 saturated carbocycles. The van der Waals surface area contributed by atoms with Crippen LogP contribution in [-0.2, 0) is 11.2 Å². The van der Waals surface area contributed by atoms with Gasteiger partial charge in [0.1, 0.15) is 6.04 Å². The first-order chi connectivity index (χ1) is 9.34. The number of urea groups is 1. The van der Waals surface area contributed by atoms with E-state index in [0.717, 1.165) is 12.8 Å². The molecule has 112 valence electrons. The van der Waals surface area contributed by atoms with Gasteiger partial charge in [0.2, 0.25) is 0 Å². The highest BCUT2D eigenvalue weighted by Gasteiger charge is 2.24. The second-order valence-corrected chi connectivity index (χ2v) is 5.40. The molecule has 0 saturated heterocycles. The van der Waals surface area contributed by atoms with Crippen molar-refractivity contribution in [3.05, 3.63) is 18.2 Å². The number of nitrogens with one attached hydrogen (secondary N) is 3. The van der Waals surface area contributed by atoms with Crippen LogP contribution >= 0.6 is 0 Å². The summed E-state index contributed by atoms with van der Waals surface area (Å²) in [4.78, 5) is 29.7. The number of imidazole rings is 1. The van der Waals surface area contributed by atoms with Crippen LogP contribution in [0, 0.1) is 0 Å². The normalized spacial score (nSPS) is 12.8. The van der Waals surface area contributed by atoms with Crippen LogP contribution in [-0.4, -0.2) is 38.7 Å². The molecule has 1 aromatic heterocycles. The van der Waals surface area contributed by atoms with Crippen molar-refractivity contribution < 1.29 is 14.7 Å². The number of nitrogens with zero attached hydrogens (tertiary/aromatic N) is 1. The molecule has 0 aliphatic heterocycles. The highest BCUT2D eigenvalue weighted by Crippen LogP contribution is 2.10. The molecule has 0 bridgehead atoms. The lowest BCUT2D eigenvalue weighted by Crippen LogP contribution is -2.53. The van der Waals surface area contributed by atoms with Crippen LogP contribution < -0.4 is 10.6 Å². The summed E-state index contributed by atoms with van der Waals surface area (Å²) in [6, 6.07) is -1.47. The summed E-state index contributed by atoms with van der Waals surface area (Å²) in [6.07, 6.45) is 4.93. The van der Waals surface area contributed by atoms with Crippen molar-refractivity contribution >= 4 is 12.0 Å². The SMILES string of the molecule is CCCC(C)(C)NC(=O)NC(Cc1cnc[nH]1)C(=O)O. The molecule has 1 heterocycles. The molecule has 4 N–H and O–H groups in total. The first-order valence-corrected chi connectivity index (χ1v) is 6.63. The van der Waals surface area contributed by atoms with Gasteiger partial charge < -0.3 is 20.7 Å². The van der Waals surface area contributed by atoms with E-state index in [1.165, 1.54) is 12.5 Å². The fraction of sp³-hybridized carbons (Fsp3) is 0.615. The lowest BCUT2D eigenvalue weighted by atomic mass is 9.99. The molecule has 0 spiro atoms. The summed E-state index contributed by atoms with van der Waals surface area (Å²) in [5.74, 6) is -1.08. The lowest BCUT2D eigenvalue weighted by molar-refractivity contribution is -0.139. The third-order valence-corrected chi connectivity index (χ3v) is 2.91. The Hall–Kier alpha value is -2.05. The van der Waals surface area contributed by atoms with Gasteiger partial charge in [0.05, 0.1) is 6.33 Å². The first kappa shape index (κ1) is 16.0. The molecule has 20 heavy (non-hydrogen) atoms. The van der Waals surface area contributed by atoms with E-state index in [1.807, 2.05) is 20.8 Å². The van der Waals surface area contributed by atoms with E-state index in [2.05, 4.69) is 20.6 Å². The predicted molar refractivity (Wildman–Crippen MR) is 74.4 cm³/mol. The highest BCUT2D eigenvalue weighted by molar-refractivity contribution is 5.83. The van der Waals surface area contributed by atoms with Gasteiger partial charge in [-0.1, -0.05) is 13.3 Å². The Balaban J connectivity index is 2.57. The van der Waals surface area contributed by atoms with Crippen LogP contribution in [0.15, 0.2) is 12.5 Å². The van der Waals surface area contributed by atoms with Gasteiger partial charge in [0.15, 0.2) is 0 Å². The van der Waals surface area contributed by atoms with Gasteiger partial charge in [0, 0.05) is 23.9 Å². The monoisotopic (exact) mass is 282 g/mol. The molecule has 1 atom stereocenters. The number of hydrogen-bond acceptors (Lipinski definition) is 3. The molecule has 1 aromatic rings. The van der Waals surface area contributed by atoms with Crippen molar-refractivity contribution in [2.24, 2.45) is 0 Å². The molecule has 1 rings (SSSR count). The van der Waals surface area contributed by atoms with Gasteiger partial charge in [-0.25, -0.2) is 14.6 Å². The molecule has 0 radical (unpaired) electrons. The number of H-pyrrole nitrogens is 1. The van der Waals surface area contributed by atoms with Crippen LogP contribution in [0.4, 0.5) is 4.79 Å². The van der Waals surface area contributed by atoms with Gasteiger partial charge in [0.25, 0.3) is 0 Å². The van der Waals surface area contributed by atoms with Gasteiger partial charge in [-0.15, -0.1) is 0 Å². The molecule has 1 unspecified atom stereocenters. The Morgan fingerprint density at radius 3 is 2.70 bits per heavy atom. The molecule has 7 heteroatoms. The van der Waals surface area contributed by atoms with Crippen molar-refractivity contribution in [2.45, 2.75) is 51.6 Å². The number of carbonyl (C=O) groups excluding carboxylic acids is 1. The van der Waals surface area contributed by atoms with Gasteiger partial charge >= 0.3 is 12.0 Å². The minimum absolute atomic E-state index is 0.164. The van der Waals surface area contributed by atoms with Gasteiger partial charge in [-0.05, 0) is 20.3 Å². The average molecular weight is 282 g/mol. The molecule has 0 fully saturated rings. The fourth-order valence-corrected chi connectivity index (χ4v) is 2.01. The molecule has 0 aliphatic rings. The third-order valence-electron chi connectivity index (χ3n) is 2.91. The number of amides is 2. The summed E-state index contributed by atoms with van der Waals surface area (Å²) in [5.41, 5.74) is 0.293. The Morgan fingerprint density at radius 2 is 2.20 bits per heavy atom. The van der Waals surface area contributed by atoms with Crippen molar-refractivity contribution in [3.8, 4) is 0 Å². The largest absolute Gasteiger partial charge is 0.480 e. The van der Waals surface area contributed by atoms with Crippen LogP contribution in [0.1, 0.15) is 39.3 Å². The number of aliphatic carboxylic acids is 1. The van der Waals surface area contributed by atoms with E-state index in [1.54, 1.807) is 0 Å². The number of carboxylic acids is 1. The summed E-state index contributed by atoms with van der Waals surface area (Å²) < 4.78 is 0. The summed E-state index contributed by atoms with van der Waals surface area (Å²) in [6.45, 7) is 5.83. The quantitative estimate of drug-likeness (QED) is 0.604. The predicted octanol–water partition coefficient (Wildman–Crippen LogP) is 1.28. The average Bonchev–Trinajstić information content (AvgIpc) is 2.79. The van der Waals surface area contributed by atoms with Gasteiger partial charge in [-0.3, -0.25) is 0 Å². The van der Waals surface area contributed by atoms with Crippen LogP contribution in [0.25, 0.3) is 0 Å². The number of aromatic amines is 1. The van der Waals surface area contributed by atoms with Gasteiger partial charge in [-0.2, -0.15) is 0 Å². The molecule has 2 amide bonds. The Bertz CT molecular complexity index is 442. The van der Waals surface area contributed by atoms with Crippen molar-refractivity contribution in [1.29, 1.82) is 0 Å². The van der Waals surface area contributed by atoms with E-state index >= 15 is 0 Å². The molecular formula is C13H22N4O3. The number of rotatable bonds is 7. The van der Waals surface area contributed by atoms with Crippen LogP contribution in [0.2, 0.25) is 0 Å². The maximum Gasteiger partial charge on any atom is 0.326 e.